The monoisotopic (exact) mass is 313 g/mol. The number of likely N-dealkylation sites (tertiary alicyclic amines) is 1. The van der Waals surface area contributed by atoms with Crippen molar-refractivity contribution in [1.82, 2.24) is 15.1 Å². The third-order valence-corrected chi connectivity index (χ3v) is 4.38. The minimum Gasteiger partial charge on any atom is -0.340 e. The standard InChI is InChI=1S/C18H20FN3O/c1-13(23)22-12-4-5-15(22)10-8-14-9-11-18(21-20-14)16-6-2-3-7-17(16)19/h2-3,6-7,9,11,15H,4-5,8,10,12H2,1H3/t15-/m1/s1. The number of benzene rings is 1. The highest BCUT2D eigenvalue weighted by Crippen LogP contribution is 2.23. The number of carbonyl (C=O) groups is 1. The van der Waals surface area contributed by atoms with Gasteiger partial charge in [0.15, 0.2) is 0 Å². The molecule has 1 amide bonds. The van der Waals surface area contributed by atoms with Crippen LogP contribution in [0.5, 0.6) is 0 Å². The Morgan fingerprint density at radius 2 is 2.09 bits per heavy atom. The van der Waals surface area contributed by atoms with Crippen LogP contribution >= 0.6 is 0 Å². The molecule has 3 rings (SSSR count). The Balaban J connectivity index is 1.64. The minimum absolute atomic E-state index is 0.147. The van der Waals surface area contributed by atoms with Gasteiger partial charge >= 0.3 is 0 Å². The molecule has 120 valence electrons. The molecule has 0 bridgehead atoms. The highest BCUT2D eigenvalue weighted by Gasteiger charge is 2.26. The fourth-order valence-corrected chi connectivity index (χ4v) is 3.17. The summed E-state index contributed by atoms with van der Waals surface area (Å²) in [6.45, 7) is 2.49. The third kappa shape index (κ3) is 3.55. The quantitative estimate of drug-likeness (QED) is 0.870. The Kier molecular flexibility index (Phi) is 4.65. The van der Waals surface area contributed by atoms with Gasteiger partial charge in [0.25, 0.3) is 0 Å². The van der Waals surface area contributed by atoms with E-state index in [1.54, 1.807) is 31.2 Å². The Labute approximate surface area is 135 Å². The Bertz CT molecular complexity index is 687. The fourth-order valence-electron chi connectivity index (χ4n) is 3.17. The predicted octanol–water partition coefficient (Wildman–Crippen LogP) is 3.23. The van der Waals surface area contributed by atoms with E-state index in [0.29, 0.717) is 17.3 Å². The number of aryl methyl sites for hydroxylation is 1. The van der Waals surface area contributed by atoms with Gasteiger partial charge in [-0.1, -0.05) is 12.1 Å². The number of rotatable bonds is 4. The van der Waals surface area contributed by atoms with E-state index in [4.69, 9.17) is 0 Å². The summed E-state index contributed by atoms with van der Waals surface area (Å²) >= 11 is 0. The van der Waals surface area contributed by atoms with Crippen molar-refractivity contribution >= 4 is 5.91 Å². The first kappa shape index (κ1) is 15.6. The van der Waals surface area contributed by atoms with E-state index < -0.39 is 0 Å². The highest BCUT2D eigenvalue weighted by molar-refractivity contribution is 5.73. The van der Waals surface area contributed by atoms with Crippen LogP contribution in [0.25, 0.3) is 11.3 Å². The molecule has 2 heterocycles. The molecule has 0 N–H and O–H groups in total. The van der Waals surface area contributed by atoms with E-state index >= 15 is 0 Å². The molecule has 1 aliphatic rings. The summed E-state index contributed by atoms with van der Waals surface area (Å²) in [6.07, 6.45) is 3.80. The summed E-state index contributed by atoms with van der Waals surface area (Å²) < 4.78 is 13.7. The van der Waals surface area contributed by atoms with Crippen molar-refractivity contribution in [2.45, 2.75) is 38.6 Å². The second-order valence-corrected chi connectivity index (χ2v) is 5.94. The van der Waals surface area contributed by atoms with Gasteiger partial charge in [0, 0.05) is 25.1 Å². The summed E-state index contributed by atoms with van der Waals surface area (Å²) in [7, 11) is 0. The van der Waals surface area contributed by atoms with Gasteiger partial charge in [0.05, 0.1) is 11.4 Å². The van der Waals surface area contributed by atoms with E-state index in [2.05, 4.69) is 10.2 Å². The molecule has 0 unspecified atom stereocenters. The Morgan fingerprint density at radius 1 is 1.26 bits per heavy atom. The summed E-state index contributed by atoms with van der Waals surface area (Å²) in [5.41, 5.74) is 1.88. The van der Waals surface area contributed by atoms with Gasteiger partial charge in [-0.05, 0) is 49.9 Å². The number of amides is 1. The molecule has 4 nitrogen and oxygen atoms in total. The van der Waals surface area contributed by atoms with Crippen LogP contribution in [-0.4, -0.2) is 33.6 Å². The highest BCUT2D eigenvalue weighted by atomic mass is 19.1. The number of hydrogen-bond acceptors (Lipinski definition) is 3. The van der Waals surface area contributed by atoms with Crippen LogP contribution in [-0.2, 0) is 11.2 Å². The molecule has 1 fully saturated rings. The van der Waals surface area contributed by atoms with Crippen LogP contribution in [0.3, 0.4) is 0 Å². The summed E-state index contributed by atoms with van der Waals surface area (Å²) in [6, 6.07) is 10.6. The van der Waals surface area contributed by atoms with Gasteiger partial charge in [-0.3, -0.25) is 4.79 Å². The molecule has 5 heteroatoms. The SMILES string of the molecule is CC(=O)N1CCC[C@@H]1CCc1ccc(-c2ccccc2F)nn1. The molecule has 0 radical (unpaired) electrons. The largest absolute Gasteiger partial charge is 0.340 e. The topological polar surface area (TPSA) is 46.1 Å². The van der Waals surface area contributed by atoms with Gasteiger partial charge in [-0.25, -0.2) is 4.39 Å². The zero-order valence-electron chi connectivity index (χ0n) is 13.2. The van der Waals surface area contributed by atoms with Crippen LogP contribution in [0.1, 0.15) is 31.9 Å². The summed E-state index contributed by atoms with van der Waals surface area (Å²) in [4.78, 5) is 13.5. The average molecular weight is 313 g/mol. The molecular formula is C18H20FN3O. The molecule has 1 aromatic heterocycles. The Hall–Kier alpha value is -2.30. The fraction of sp³-hybridized carbons (Fsp3) is 0.389. The predicted molar refractivity (Wildman–Crippen MR) is 86.2 cm³/mol. The van der Waals surface area contributed by atoms with Crippen LogP contribution < -0.4 is 0 Å². The van der Waals surface area contributed by atoms with E-state index in [1.165, 1.54) is 6.07 Å². The summed E-state index contributed by atoms with van der Waals surface area (Å²) in [5, 5.41) is 8.35. The first-order chi connectivity index (χ1) is 11.1. The molecule has 0 saturated carbocycles. The number of nitrogens with zero attached hydrogens (tertiary/aromatic N) is 3. The van der Waals surface area contributed by atoms with Crippen molar-refractivity contribution in [3.63, 3.8) is 0 Å². The molecule has 0 aliphatic carbocycles. The zero-order valence-corrected chi connectivity index (χ0v) is 13.2. The second-order valence-electron chi connectivity index (χ2n) is 5.94. The number of carbonyl (C=O) groups excluding carboxylic acids is 1. The maximum atomic E-state index is 13.7. The van der Waals surface area contributed by atoms with E-state index in [9.17, 15) is 9.18 Å². The number of halogens is 1. The molecular weight excluding hydrogens is 293 g/mol. The smallest absolute Gasteiger partial charge is 0.219 e. The normalized spacial score (nSPS) is 17.5. The second kappa shape index (κ2) is 6.86. The van der Waals surface area contributed by atoms with Crippen molar-refractivity contribution < 1.29 is 9.18 Å². The molecule has 0 spiro atoms. The van der Waals surface area contributed by atoms with Crippen LogP contribution in [0.15, 0.2) is 36.4 Å². The van der Waals surface area contributed by atoms with Crippen molar-refractivity contribution in [3.05, 3.63) is 47.9 Å². The van der Waals surface area contributed by atoms with Crippen LogP contribution in [0, 0.1) is 5.82 Å². The van der Waals surface area contributed by atoms with Crippen molar-refractivity contribution in [1.29, 1.82) is 0 Å². The number of aromatic nitrogens is 2. The maximum Gasteiger partial charge on any atom is 0.219 e. The van der Waals surface area contributed by atoms with E-state index in [0.717, 1.165) is 37.9 Å². The molecule has 1 atom stereocenters. The average Bonchev–Trinajstić information content (AvgIpc) is 3.03. The van der Waals surface area contributed by atoms with Crippen molar-refractivity contribution in [2.24, 2.45) is 0 Å². The van der Waals surface area contributed by atoms with Crippen molar-refractivity contribution in [2.75, 3.05) is 6.54 Å². The maximum absolute atomic E-state index is 13.7. The molecule has 1 saturated heterocycles. The van der Waals surface area contributed by atoms with Gasteiger partial charge in [-0.2, -0.15) is 10.2 Å². The molecule has 1 aromatic carbocycles. The van der Waals surface area contributed by atoms with Gasteiger partial charge < -0.3 is 4.90 Å². The summed E-state index contributed by atoms with van der Waals surface area (Å²) in [5.74, 6) is -0.147. The lowest BCUT2D eigenvalue weighted by Crippen LogP contribution is -2.33. The number of hydrogen-bond donors (Lipinski definition) is 0. The van der Waals surface area contributed by atoms with Gasteiger partial charge in [0.1, 0.15) is 5.82 Å². The molecule has 1 aliphatic heterocycles. The lowest BCUT2D eigenvalue weighted by Gasteiger charge is -2.22. The van der Waals surface area contributed by atoms with Gasteiger partial charge in [0.2, 0.25) is 5.91 Å². The first-order valence-electron chi connectivity index (χ1n) is 8.00. The zero-order chi connectivity index (χ0) is 16.2. The molecule has 23 heavy (non-hydrogen) atoms. The van der Waals surface area contributed by atoms with E-state index in [-0.39, 0.29) is 11.7 Å². The lowest BCUT2D eigenvalue weighted by atomic mass is 10.1. The lowest BCUT2D eigenvalue weighted by molar-refractivity contribution is -0.129. The first-order valence-corrected chi connectivity index (χ1v) is 8.00. The minimum atomic E-state index is -0.294. The molecule has 2 aromatic rings. The van der Waals surface area contributed by atoms with Gasteiger partial charge in [-0.15, -0.1) is 0 Å². The van der Waals surface area contributed by atoms with Crippen LogP contribution in [0.4, 0.5) is 4.39 Å². The van der Waals surface area contributed by atoms with Crippen LogP contribution in [0.2, 0.25) is 0 Å². The third-order valence-electron chi connectivity index (χ3n) is 4.38. The van der Waals surface area contributed by atoms with E-state index in [1.807, 2.05) is 11.0 Å². The Morgan fingerprint density at radius 3 is 2.78 bits per heavy atom. The van der Waals surface area contributed by atoms with Crippen molar-refractivity contribution in [3.8, 4) is 11.3 Å².